The molecule has 0 aliphatic heterocycles. The van der Waals surface area contributed by atoms with Crippen LogP contribution in [0.4, 0.5) is 5.00 Å². The Morgan fingerprint density at radius 2 is 2.08 bits per heavy atom. The number of hydrogen-bond acceptors (Lipinski definition) is 3. The van der Waals surface area contributed by atoms with Crippen molar-refractivity contribution >= 4 is 44.4 Å². The molecule has 0 aromatic carbocycles. The van der Waals surface area contributed by atoms with Crippen LogP contribution in [0.5, 0.6) is 0 Å². The number of nitrogens with zero attached hydrogens (tertiary/aromatic N) is 1. The lowest BCUT2D eigenvalue weighted by Crippen LogP contribution is -1.83. The van der Waals surface area contributed by atoms with Crippen LogP contribution in [-0.2, 0) is 0 Å². The van der Waals surface area contributed by atoms with Crippen molar-refractivity contribution in [3.8, 4) is 0 Å². The van der Waals surface area contributed by atoms with Gasteiger partial charge in [-0.15, -0.1) is 0 Å². The highest BCUT2D eigenvalue weighted by Gasteiger charge is 2.20. The van der Waals surface area contributed by atoms with E-state index in [9.17, 15) is 10.1 Å². The number of rotatable bonds is 3. The maximum Gasteiger partial charge on any atom is 0.339 e. The summed E-state index contributed by atoms with van der Waals surface area (Å²) in [5.41, 5.74) is 0.728. The molecular formula is C8H6BrNO2S. The molecule has 0 saturated carbocycles. The van der Waals surface area contributed by atoms with Crippen LogP contribution in [0.1, 0.15) is 10.4 Å². The average molecular weight is 260 g/mol. The fourth-order valence-corrected chi connectivity index (χ4v) is 2.64. The minimum Gasteiger partial charge on any atom is -0.258 e. The van der Waals surface area contributed by atoms with E-state index in [1.54, 1.807) is 12.2 Å². The zero-order valence-electron chi connectivity index (χ0n) is 6.62. The Kier molecular flexibility index (Phi) is 3.00. The highest BCUT2D eigenvalue weighted by Crippen LogP contribution is 2.40. The van der Waals surface area contributed by atoms with E-state index in [0.717, 1.165) is 21.8 Å². The second kappa shape index (κ2) is 3.85. The molecule has 0 aliphatic rings. The molecular weight excluding hydrogens is 254 g/mol. The number of halogens is 1. The van der Waals surface area contributed by atoms with Crippen molar-refractivity contribution < 1.29 is 4.92 Å². The van der Waals surface area contributed by atoms with Gasteiger partial charge in [0.05, 0.1) is 4.92 Å². The first-order valence-electron chi connectivity index (χ1n) is 3.33. The summed E-state index contributed by atoms with van der Waals surface area (Å²) in [5, 5.41) is 10.6. The molecule has 0 fully saturated rings. The topological polar surface area (TPSA) is 43.1 Å². The Balaban J connectivity index is 3.42. The van der Waals surface area contributed by atoms with Gasteiger partial charge in [-0.1, -0.05) is 36.6 Å². The summed E-state index contributed by atoms with van der Waals surface area (Å²) >= 11 is 4.24. The zero-order valence-corrected chi connectivity index (χ0v) is 9.02. The molecule has 13 heavy (non-hydrogen) atoms. The number of thiophene rings is 1. The fourth-order valence-electron chi connectivity index (χ4n) is 0.887. The lowest BCUT2D eigenvalue weighted by molar-refractivity contribution is -0.380. The van der Waals surface area contributed by atoms with Crippen molar-refractivity contribution in [1.29, 1.82) is 0 Å². The molecule has 1 aromatic rings. The number of hydrogen-bond donors (Lipinski definition) is 0. The molecule has 1 heterocycles. The lowest BCUT2D eigenvalue weighted by Gasteiger charge is -1.88. The summed E-state index contributed by atoms with van der Waals surface area (Å²) < 4.78 is 0.479. The van der Waals surface area contributed by atoms with Crippen LogP contribution in [0.3, 0.4) is 0 Å². The molecule has 0 amide bonds. The van der Waals surface area contributed by atoms with Crippen LogP contribution in [0.25, 0.3) is 12.2 Å². The van der Waals surface area contributed by atoms with Crippen LogP contribution in [0, 0.1) is 10.1 Å². The average Bonchev–Trinajstić information content (AvgIpc) is 2.41. The van der Waals surface area contributed by atoms with Crippen molar-refractivity contribution in [3.05, 3.63) is 38.2 Å². The molecule has 0 radical (unpaired) electrons. The van der Waals surface area contributed by atoms with Gasteiger partial charge in [0.2, 0.25) is 0 Å². The SMILES string of the molecule is C=Cc1sc([N+](=O)[O-])c(Br)c1C=C. The monoisotopic (exact) mass is 259 g/mol. The highest BCUT2D eigenvalue weighted by molar-refractivity contribution is 9.10. The van der Waals surface area contributed by atoms with E-state index in [2.05, 4.69) is 29.1 Å². The van der Waals surface area contributed by atoms with Crippen LogP contribution in [0.15, 0.2) is 17.6 Å². The summed E-state index contributed by atoms with van der Waals surface area (Å²) in [4.78, 5) is 10.9. The molecule has 1 aromatic heterocycles. The second-order valence-corrected chi connectivity index (χ2v) is 3.99. The smallest absolute Gasteiger partial charge is 0.258 e. The van der Waals surface area contributed by atoms with E-state index in [1.807, 2.05) is 0 Å². The van der Waals surface area contributed by atoms with Crippen LogP contribution in [0.2, 0.25) is 0 Å². The van der Waals surface area contributed by atoms with E-state index in [4.69, 9.17) is 0 Å². The Hall–Kier alpha value is -0.940. The molecule has 1 rings (SSSR count). The van der Waals surface area contributed by atoms with Gasteiger partial charge in [-0.3, -0.25) is 10.1 Å². The largest absolute Gasteiger partial charge is 0.339 e. The maximum atomic E-state index is 10.5. The predicted octanol–water partition coefficient (Wildman–Crippen LogP) is 3.70. The van der Waals surface area contributed by atoms with Gasteiger partial charge in [0.15, 0.2) is 0 Å². The van der Waals surface area contributed by atoms with E-state index in [0.29, 0.717) is 4.47 Å². The minimum atomic E-state index is -0.422. The third-order valence-electron chi connectivity index (χ3n) is 1.45. The minimum absolute atomic E-state index is 0.0878. The fraction of sp³-hybridized carbons (Fsp3) is 0. The van der Waals surface area contributed by atoms with Gasteiger partial charge in [-0.2, -0.15) is 0 Å². The van der Waals surface area contributed by atoms with E-state index in [1.165, 1.54) is 0 Å². The summed E-state index contributed by atoms with van der Waals surface area (Å²) in [6.07, 6.45) is 3.16. The molecule has 0 atom stereocenters. The third kappa shape index (κ3) is 1.71. The van der Waals surface area contributed by atoms with Crippen molar-refractivity contribution in [1.82, 2.24) is 0 Å². The van der Waals surface area contributed by atoms with Gasteiger partial charge in [0, 0.05) is 10.4 Å². The van der Waals surface area contributed by atoms with Crippen LogP contribution >= 0.6 is 27.3 Å². The van der Waals surface area contributed by atoms with Crippen LogP contribution < -0.4 is 0 Å². The molecule has 0 bridgehead atoms. The van der Waals surface area contributed by atoms with E-state index in [-0.39, 0.29) is 5.00 Å². The first kappa shape index (κ1) is 10.1. The van der Waals surface area contributed by atoms with Gasteiger partial charge in [0.25, 0.3) is 0 Å². The number of nitro groups is 1. The summed E-state index contributed by atoms with van der Waals surface area (Å²) in [7, 11) is 0. The highest BCUT2D eigenvalue weighted by atomic mass is 79.9. The molecule has 0 spiro atoms. The first-order chi connectivity index (χ1) is 6.11. The standard InChI is InChI=1S/C8H6BrNO2S/c1-3-5-6(4-2)13-8(7(5)9)10(11)12/h3-4H,1-2H2. The van der Waals surface area contributed by atoms with Gasteiger partial charge < -0.3 is 0 Å². The first-order valence-corrected chi connectivity index (χ1v) is 4.94. The molecule has 0 unspecified atom stereocenters. The maximum absolute atomic E-state index is 10.5. The van der Waals surface area contributed by atoms with Crippen LogP contribution in [-0.4, -0.2) is 4.92 Å². The summed E-state index contributed by atoms with van der Waals surface area (Å²) in [5.74, 6) is 0. The normalized spacial score (nSPS) is 9.62. The molecule has 68 valence electrons. The molecule has 3 nitrogen and oxygen atoms in total. The Morgan fingerprint density at radius 3 is 2.38 bits per heavy atom. The Bertz CT molecular complexity index is 384. The molecule has 0 aliphatic carbocycles. The molecule has 5 heteroatoms. The second-order valence-electron chi connectivity index (χ2n) is 2.16. The van der Waals surface area contributed by atoms with E-state index >= 15 is 0 Å². The van der Waals surface area contributed by atoms with Crippen molar-refractivity contribution in [2.24, 2.45) is 0 Å². The van der Waals surface area contributed by atoms with Crippen molar-refractivity contribution in [2.45, 2.75) is 0 Å². The van der Waals surface area contributed by atoms with Gasteiger partial charge in [0.1, 0.15) is 4.47 Å². The van der Waals surface area contributed by atoms with Gasteiger partial charge in [-0.25, -0.2) is 0 Å². The quantitative estimate of drug-likeness (QED) is 0.614. The lowest BCUT2D eigenvalue weighted by atomic mass is 10.2. The molecule has 0 saturated heterocycles. The Morgan fingerprint density at radius 1 is 1.46 bits per heavy atom. The summed E-state index contributed by atoms with van der Waals surface area (Å²) in [6.45, 7) is 7.15. The Labute approximate surface area is 87.7 Å². The molecule has 0 N–H and O–H groups in total. The van der Waals surface area contributed by atoms with Gasteiger partial charge >= 0.3 is 5.00 Å². The summed E-state index contributed by atoms with van der Waals surface area (Å²) in [6, 6.07) is 0. The van der Waals surface area contributed by atoms with E-state index < -0.39 is 4.92 Å². The third-order valence-corrected chi connectivity index (χ3v) is 3.67. The van der Waals surface area contributed by atoms with Crippen molar-refractivity contribution in [2.75, 3.05) is 0 Å². The van der Waals surface area contributed by atoms with Gasteiger partial charge in [-0.05, 0) is 15.9 Å². The van der Waals surface area contributed by atoms with Crippen molar-refractivity contribution in [3.63, 3.8) is 0 Å². The zero-order chi connectivity index (χ0) is 10.0. The predicted molar refractivity (Wildman–Crippen MR) is 58.9 cm³/mol.